The number of allylic oxidation sites excluding steroid dienone is 1. The van der Waals surface area contributed by atoms with Gasteiger partial charge in [-0.15, -0.1) is 0 Å². The lowest BCUT2D eigenvalue weighted by Crippen LogP contribution is -2.41. The molecule has 3 unspecified atom stereocenters. The highest BCUT2D eigenvalue weighted by atomic mass is 16.3. The maximum atomic E-state index is 12.9. The Bertz CT molecular complexity index is 807. The number of rotatable bonds is 5. The predicted octanol–water partition coefficient (Wildman–Crippen LogP) is 1.97. The monoisotopic (exact) mass is 358 g/mol. The van der Waals surface area contributed by atoms with Crippen LogP contribution in [-0.4, -0.2) is 39.3 Å². The summed E-state index contributed by atoms with van der Waals surface area (Å²) in [5.74, 6) is -2.57. The number of hydrogen-bond acceptors (Lipinski definition) is 6. The molecule has 138 valence electrons. The van der Waals surface area contributed by atoms with Crippen molar-refractivity contribution in [3.05, 3.63) is 34.9 Å². The molecule has 2 aliphatic carbocycles. The van der Waals surface area contributed by atoms with E-state index < -0.39 is 12.5 Å². The second kappa shape index (κ2) is 7.03. The molecule has 3 N–H and O–H groups in total. The third-order valence-electron chi connectivity index (χ3n) is 5.39. The third-order valence-corrected chi connectivity index (χ3v) is 5.39. The Hall–Kier alpha value is -2.47. The Balaban J connectivity index is 1.94. The largest absolute Gasteiger partial charge is 0.507 e. The van der Waals surface area contributed by atoms with E-state index in [4.69, 9.17) is 0 Å². The van der Waals surface area contributed by atoms with Gasteiger partial charge in [-0.3, -0.25) is 14.4 Å². The molecule has 0 amide bonds. The van der Waals surface area contributed by atoms with Crippen molar-refractivity contribution in [2.24, 2.45) is 17.8 Å². The number of aliphatic hydroxyl groups is 2. The minimum absolute atomic E-state index is 0.0635. The summed E-state index contributed by atoms with van der Waals surface area (Å²) in [5, 5.41) is 30.4. The number of carbonyl (C=O) groups is 3. The van der Waals surface area contributed by atoms with Crippen LogP contribution in [-0.2, 0) is 20.8 Å². The summed E-state index contributed by atoms with van der Waals surface area (Å²) >= 11 is 0. The van der Waals surface area contributed by atoms with Crippen molar-refractivity contribution in [1.29, 1.82) is 0 Å². The number of aromatic hydroxyl groups is 1. The van der Waals surface area contributed by atoms with E-state index in [1.807, 2.05) is 0 Å². The zero-order chi connectivity index (χ0) is 19.0. The Morgan fingerprint density at radius 2 is 1.96 bits per heavy atom. The smallest absolute Gasteiger partial charge is 0.168 e. The molecule has 1 saturated carbocycles. The molecule has 0 bridgehead atoms. The summed E-state index contributed by atoms with van der Waals surface area (Å²) in [5.41, 5.74) is 1.25. The molecule has 3 rings (SSSR count). The Kier molecular flexibility index (Phi) is 4.96. The first kappa shape index (κ1) is 18.3. The van der Waals surface area contributed by atoms with Gasteiger partial charge in [-0.2, -0.15) is 0 Å². The highest BCUT2D eigenvalue weighted by Gasteiger charge is 2.44. The number of benzene rings is 1. The fourth-order valence-corrected chi connectivity index (χ4v) is 4.29. The molecule has 6 heteroatoms. The van der Waals surface area contributed by atoms with Crippen molar-refractivity contribution >= 4 is 23.1 Å². The van der Waals surface area contributed by atoms with E-state index in [0.29, 0.717) is 12.8 Å². The van der Waals surface area contributed by atoms with Crippen LogP contribution < -0.4 is 0 Å². The Labute approximate surface area is 151 Å². The van der Waals surface area contributed by atoms with Gasteiger partial charge in [0.15, 0.2) is 5.78 Å². The summed E-state index contributed by atoms with van der Waals surface area (Å²) in [7, 11) is 0. The second-order valence-electron chi connectivity index (χ2n) is 7.25. The van der Waals surface area contributed by atoms with Gasteiger partial charge >= 0.3 is 0 Å². The van der Waals surface area contributed by atoms with Gasteiger partial charge in [0.1, 0.15) is 23.1 Å². The fourth-order valence-electron chi connectivity index (χ4n) is 4.29. The molecule has 0 aromatic heterocycles. The van der Waals surface area contributed by atoms with E-state index in [1.54, 1.807) is 12.1 Å². The summed E-state index contributed by atoms with van der Waals surface area (Å²) in [6.45, 7) is 0.921. The summed E-state index contributed by atoms with van der Waals surface area (Å²) in [6, 6.07) is 4.93. The highest BCUT2D eigenvalue weighted by Crippen LogP contribution is 2.46. The summed E-state index contributed by atoms with van der Waals surface area (Å²) in [4.78, 5) is 36.1. The molecule has 0 radical (unpaired) electrons. The van der Waals surface area contributed by atoms with Crippen LogP contribution in [0.4, 0.5) is 0 Å². The van der Waals surface area contributed by atoms with Crippen molar-refractivity contribution in [2.75, 3.05) is 6.61 Å². The van der Waals surface area contributed by atoms with Gasteiger partial charge in [0, 0.05) is 17.9 Å². The standard InChI is InChI=1S/C20H22O6/c1-10(22)5-14(23)8-12-7-13-6-11-3-2-4-16(24)17(11)20(26)18(13)19(25)15(12)9-21/h2-4,12-13,15,21,24,26H,5-9H2,1H3. The number of ketones is 3. The quantitative estimate of drug-likeness (QED) is 0.694. The SMILES string of the molecule is CC(=O)CC(=O)CC1CC2Cc3cccc(O)c3C(O)=C2C(=O)C1CO. The second-order valence-corrected chi connectivity index (χ2v) is 7.25. The van der Waals surface area contributed by atoms with Gasteiger partial charge in [0.05, 0.1) is 18.6 Å². The van der Waals surface area contributed by atoms with Gasteiger partial charge < -0.3 is 15.3 Å². The number of Topliss-reactive ketones (excluding diaryl/α,β-unsaturated/α-hetero) is 3. The topological polar surface area (TPSA) is 112 Å². The van der Waals surface area contributed by atoms with E-state index in [1.165, 1.54) is 13.0 Å². The van der Waals surface area contributed by atoms with Crippen LogP contribution in [0.5, 0.6) is 5.75 Å². The van der Waals surface area contributed by atoms with Crippen LogP contribution >= 0.6 is 0 Å². The molecule has 0 spiro atoms. The fraction of sp³-hybridized carbons (Fsp3) is 0.450. The molecule has 2 aliphatic rings. The zero-order valence-corrected chi connectivity index (χ0v) is 14.6. The normalized spacial score (nSPS) is 24.8. The van der Waals surface area contributed by atoms with Crippen molar-refractivity contribution in [1.82, 2.24) is 0 Å². The maximum absolute atomic E-state index is 12.9. The number of hydrogen-bond donors (Lipinski definition) is 3. The van der Waals surface area contributed by atoms with Gasteiger partial charge in [0.2, 0.25) is 0 Å². The molecule has 26 heavy (non-hydrogen) atoms. The summed E-state index contributed by atoms with van der Waals surface area (Å²) < 4.78 is 0. The van der Waals surface area contributed by atoms with Crippen molar-refractivity contribution in [3.63, 3.8) is 0 Å². The van der Waals surface area contributed by atoms with Crippen LogP contribution in [0.15, 0.2) is 23.8 Å². The average molecular weight is 358 g/mol. The van der Waals surface area contributed by atoms with Crippen molar-refractivity contribution in [3.8, 4) is 5.75 Å². The van der Waals surface area contributed by atoms with Gasteiger partial charge in [0.25, 0.3) is 0 Å². The lowest BCUT2D eigenvalue weighted by molar-refractivity contribution is -0.128. The molecule has 1 aromatic rings. The zero-order valence-electron chi connectivity index (χ0n) is 14.6. The van der Waals surface area contributed by atoms with E-state index >= 15 is 0 Å². The third kappa shape index (κ3) is 3.17. The van der Waals surface area contributed by atoms with Gasteiger partial charge in [-0.1, -0.05) is 12.1 Å². The van der Waals surface area contributed by atoms with Crippen LogP contribution in [0.1, 0.15) is 37.3 Å². The first-order valence-electron chi connectivity index (χ1n) is 8.74. The number of carbonyl (C=O) groups excluding carboxylic acids is 3. The first-order valence-corrected chi connectivity index (χ1v) is 8.74. The first-order chi connectivity index (χ1) is 12.3. The van der Waals surface area contributed by atoms with Crippen LogP contribution in [0.3, 0.4) is 0 Å². The lowest BCUT2D eigenvalue weighted by atomic mass is 9.64. The predicted molar refractivity (Wildman–Crippen MR) is 93.5 cm³/mol. The molecule has 1 aromatic carbocycles. The molecular weight excluding hydrogens is 336 g/mol. The minimum atomic E-state index is -0.785. The van der Waals surface area contributed by atoms with E-state index in [-0.39, 0.29) is 64.7 Å². The summed E-state index contributed by atoms with van der Waals surface area (Å²) in [6.07, 6.45) is 0.839. The number of phenolic OH excluding ortho intramolecular Hbond substituents is 1. The molecular formula is C20H22O6. The van der Waals surface area contributed by atoms with Crippen molar-refractivity contribution < 1.29 is 29.7 Å². The minimum Gasteiger partial charge on any atom is -0.507 e. The van der Waals surface area contributed by atoms with E-state index in [0.717, 1.165) is 5.56 Å². The van der Waals surface area contributed by atoms with Crippen LogP contribution in [0.2, 0.25) is 0 Å². The molecule has 0 aliphatic heterocycles. The molecule has 1 fully saturated rings. The van der Waals surface area contributed by atoms with Gasteiger partial charge in [-0.05, 0) is 43.2 Å². The lowest BCUT2D eigenvalue weighted by Gasteiger charge is -2.38. The van der Waals surface area contributed by atoms with E-state index in [2.05, 4.69) is 0 Å². The highest BCUT2D eigenvalue weighted by molar-refractivity contribution is 6.06. The van der Waals surface area contributed by atoms with Crippen LogP contribution in [0.25, 0.3) is 5.76 Å². The average Bonchev–Trinajstić information content (AvgIpc) is 2.53. The van der Waals surface area contributed by atoms with Gasteiger partial charge in [-0.25, -0.2) is 0 Å². The molecule has 0 heterocycles. The van der Waals surface area contributed by atoms with E-state index in [9.17, 15) is 29.7 Å². The molecule has 3 atom stereocenters. The maximum Gasteiger partial charge on any atom is 0.168 e. The Morgan fingerprint density at radius 3 is 2.62 bits per heavy atom. The van der Waals surface area contributed by atoms with Crippen molar-refractivity contribution in [2.45, 2.75) is 32.6 Å². The molecule has 0 saturated heterocycles. The number of phenols is 1. The van der Waals surface area contributed by atoms with Crippen LogP contribution in [0, 0.1) is 17.8 Å². The number of fused-ring (bicyclic) bond motifs is 2. The number of aliphatic hydroxyl groups excluding tert-OH is 2. The molecule has 6 nitrogen and oxygen atoms in total. The Morgan fingerprint density at radius 1 is 1.23 bits per heavy atom.